The first-order valence-electron chi connectivity index (χ1n) is 24.9. The van der Waals surface area contributed by atoms with Crippen molar-refractivity contribution in [2.24, 2.45) is 5.84 Å². The monoisotopic (exact) mass is 1090 g/mol. The second-order valence-electron chi connectivity index (χ2n) is 19.3. The van der Waals surface area contributed by atoms with E-state index in [4.69, 9.17) is 24.8 Å². The number of para-hydroxylation sites is 2. The Morgan fingerprint density at radius 3 is 1.87 bits per heavy atom. The van der Waals surface area contributed by atoms with Crippen LogP contribution in [0.25, 0.3) is 0 Å². The Morgan fingerprint density at radius 1 is 0.701 bits per heavy atom. The summed E-state index contributed by atoms with van der Waals surface area (Å²) < 4.78 is 24.0. The van der Waals surface area contributed by atoms with Gasteiger partial charge in [-0.2, -0.15) is 4.83 Å². The van der Waals surface area contributed by atoms with E-state index in [0.717, 1.165) is 28.9 Å². The number of carbonyl (C=O) groups is 6. The van der Waals surface area contributed by atoms with E-state index in [0.29, 0.717) is 64.6 Å². The number of nitrogens with two attached hydrogens (primary N) is 1. The van der Waals surface area contributed by atoms with Crippen molar-refractivity contribution in [1.82, 2.24) is 20.8 Å². The molecule has 0 saturated carbocycles. The van der Waals surface area contributed by atoms with Gasteiger partial charge in [0.1, 0.15) is 19.4 Å². The number of amides is 6. The minimum absolute atomic E-state index is 0.0333. The van der Waals surface area contributed by atoms with Crippen LogP contribution in [-0.4, -0.2) is 104 Å². The number of aliphatic hydroxyl groups is 1. The molecule has 77 heavy (non-hydrogen) atoms. The first-order chi connectivity index (χ1) is 37.1. The fraction of sp³-hybridized carbons (Fsp3) is 0.333. The van der Waals surface area contributed by atoms with Crippen LogP contribution in [0, 0.1) is 0 Å². The molecule has 0 bridgehead atoms. The van der Waals surface area contributed by atoms with Gasteiger partial charge in [0.05, 0.1) is 68.4 Å². The maximum Gasteiger partial charge on any atom is 0.260 e. The normalized spacial score (nSPS) is 16.8. The number of aliphatic hydroxyl groups excluding tert-OH is 1. The first-order valence-corrected chi connectivity index (χ1v) is 27.0. The summed E-state index contributed by atoms with van der Waals surface area (Å²) in [5.74, 6) is 3.95. The molecule has 9 rings (SSSR count). The van der Waals surface area contributed by atoms with Crippen LogP contribution in [0.4, 0.5) is 28.4 Å². The van der Waals surface area contributed by atoms with Crippen molar-refractivity contribution in [3.8, 4) is 23.0 Å². The molecular formula is C54H60N10O11S2. The molecule has 21 nitrogen and oxygen atoms in total. The predicted octanol–water partition coefficient (Wildman–Crippen LogP) is 4.78. The van der Waals surface area contributed by atoms with Gasteiger partial charge in [-0.05, 0) is 97.8 Å². The summed E-state index contributed by atoms with van der Waals surface area (Å²) in [6.07, 6.45) is 0.811. The van der Waals surface area contributed by atoms with Crippen molar-refractivity contribution in [3.05, 3.63) is 124 Å². The van der Waals surface area contributed by atoms with Crippen molar-refractivity contribution in [2.45, 2.75) is 75.8 Å². The summed E-state index contributed by atoms with van der Waals surface area (Å²) >= 11 is 0. The number of nitrogens with zero attached hydrogens (tertiary/aromatic N) is 2. The number of hydrazine groups is 1. The van der Waals surface area contributed by atoms with Crippen LogP contribution in [0.1, 0.15) is 69.7 Å². The molecule has 0 radical (unpaired) electrons. The Hall–Kier alpha value is -7.70. The number of rotatable bonds is 21. The number of hydrogen-bond acceptors (Lipinski definition) is 17. The predicted molar refractivity (Wildman–Crippen MR) is 294 cm³/mol. The van der Waals surface area contributed by atoms with Gasteiger partial charge >= 0.3 is 0 Å². The summed E-state index contributed by atoms with van der Waals surface area (Å²) in [4.78, 5) is 85.1. The van der Waals surface area contributed by atoms with E-state index in [1.54, 1.807) is 41.3 Å². The van der Waals surface area contributed by atoms with E-state index in [1.807, 2.05) is 73.3 Å². The molecule has 23 heteroatoms. The number of nitrogens with one attached hydrogen (secondary N) is 7. The van der Waals surface area contributed by atoms with Crippen molar-refractivity contribution in [3.63, 3.8) is 0 Å². The zero-order chi connectivity index (χ0) is 54.4. The molecule has 3 atom stereocenters. The molecule has 0 aliphatic carbocycles. The van der Waals surface area contributed by atoms with Crippen molar-refractivity contribution < 1.29 is 52.8 Å². The fourth-order valence-electron chi connectivity index (χ4n) is 9.72. The second kappa shape index (κ2) is 23.7. The van der Waals surface area contributed by atoms with Crippen LogP contribution < -0.4 is 71.3 Å². The molecule has 6 amide bonds. The molecule has 5 aromatic carbocycles. The minimum Gasteiger partial charge on any atom is -0.493 e. The van der Waals surface area contributed by atoms with Crippen molar-refractivity contribution >= 4 is 85.7 Å². The van der Waals surface area contributed by atoms with E-state index < -0.39 is 43.1 Å². The fourth-order valence-corrected chi connectivity index (χ4v) is 11.3. The third-order valence-electron chi connectivity index (χ3n) is 13.5. The highest BCUT2D eigenvalue weighted by Crippen LogP contribution is 2.44. The smallest absolute Gasteiger partial charge is 0.260 e. The Labute approximate surface area is 452 Å². The molecule has 1 unspecified atom stereocenters. The third kappa shape index (κ3) is 12.4. The summed E-state index contributed by atoms with van der Waals surface area (Å²) in [6, 6.07) is 26.6. The Balaban J connectivity index is 0.885. The lowest BCUT2D eigenvalue weighted by Gasteiger charge is -2.26. The van der Waals surface area contributed by atoms with Gasteiger partial charge in [0.25, 0.3) is 11.8 Å². The first kappa shape index (κ1) is 54.1. The number of anilines is 5. The molecule has 4 aliphatic heterocycles. The Morgan fingerprint density at radius 2 is 1.25 bits per heavy atom. The van der Waals surface area contributed by atoms with E-state index >= 15 is 0 Å². The van der Waals surface area contributed by atoms with Crippen LogP contribution >= 0.6 is 21.8 Å². The molecular weight excluding hydrogens is 1030 g/mol. The Bertz CT molecular complexity index is 3110. The quantitative estimate of drug-likeness (QED) is 0.0207. The lowest BCUT2D eigenvalue weighted by molar-refractivity contribution is -0.128. The molecule has 0 fully saturated rings. The van der Waals surface area contributed by atoms with Gasteiger partial charge in [-0.15, -0.1) is 0 Å². The van der Waals surface area contributed by atoms with E-state index in [2.05, 4.69) is 36.7 Å². The topological polar surface area (TPSA) is 276 Å². The van der Waals surface area contributed by atoms with Crippen LogP contribution in [0.2, 0.25) is 0 Å². The van der Waals surface area contributed by atoms with Crippen LogP contribution in [-0.2, 0) is 45.2 Å². The average molecular weight is 1090 g/mol. The SMILES string of the molecule is COc1cc2c(cc1OCc1cc(COc3cc4c(cc3OC)C(=O)N3c5ccccc5C[C@H]3C(O)N4)cc(NC(=O)CNC(=O)CNC(=O)CNC(=O)CCC(C)(C)SSNN)c1)NC[C@@H]1Cc3ccccc3N1C2=O. The van der Waals surface area contributed by atoms with Gasteiger partial charge < -0.3 is 65.8 Å². The molecule has 4 heterocycles. The lowest BCUT2D eigenvalue weighted by atomic mass is 10.1. The zero-order valence-electron chi connectivity index (χ0n) is 42.8. The van der Waals surface area contributed by atoms with E-state index in [9.17, 15) is 33.9 Å². The molecule has 404 valence electrons. The standard InChI is InChI=1S/C54H60N10O11S2/c1-54(2,76-77-62-55)14-13-47(65)57-25-48(66)58-26-49(67)59-27-50(68)60-34-16-30(28-74-45-22-38-36(20-43(45)72-3)52(70)63-35(24-56-38)18-32-9-5-7-11-40(32)63)15-31(17-34)29-75-46-23-39-37(21-44(46)73-4)53(71)64-41-12-8-6-10-33(41)19-42(64)51(69)61-39/h5-12,15-17,20-23,35,42,51,56,61-62,69H,13-14,18-19,24-29,55H2,1-4H3,(H,57,65)(H,58,66)(H,59,67)(H,60,68)/t35-,42-,51?/m0/s1. The van der Waals surface area contributed by atoms with Crippen LogP contribution in [0.15, 0.2) is 91.0 Å². The summed E-state index contributed by atoms with van der Waals surface area (Å²) in [7, 11) is 5.69. The number of benzene rings is 5. The highest BCUT2D eigenvalue weighted by atomic mass is 33.1. The van der Waals surface area contributed by atoms with E-state index in [-0.39, 0.29) is 71.8 Å². The number of carbonyl (C=O) groups excluding carboxylic acids is 6. The minimum atomic E-state index is -1.10. The van der Waals surface area contributed by atoms with Crippen molar-refractivity contribution in [2.75, 3.05) is 66.1 Å². The van der Waals surface area contributed by atoms with Gasteiger partial charge in [0, 0.05) is 57.9 Å². The zero-order valence-corrected chi connectivity index (χ0v) is 44.4. The molecule has 0 spiro atoms. The Kier molecular flexibility index (Phi) is 16.6. The number of ether oxygens (including phenoxy) is 4. The van der Waals surface area contributed by atoms with Gasteiger partial charge in [-0.3, -0.25) is 34.6 Å². The summed E-state index contributed by atoms with van der Waals surface area (Å²) in [5.41, 5.74) is 6.84. The number of methoxy groups -OCH3 is 2. The van der Waals surface area contributed by atoms with Crippen molar-refractivity contribution in [1.29, 1.82) is 0 Å². The highest BCUT2D eigenvalue weighted by Gasteiger charge is 2.42. The second-order valence-corrected chi connectivity index (χ2v) is 22.0. The average Bonchev–Trinajstić information content (AvgIpc) is 4.05. The molecule has 5 aromatic rings. The lowest BCUT2D eigenvalue weighted by Crippen LogP contribution is -2.45. The molecule has 0 aromatic heterocycles. The van der Waals surface area contributed by atoms with E-state index in [1.165, 1.54) is 36.0 Å². The van der Waals surface area contributed by atoms with Gasteiger partial charge in [-0.1, -0.05) is 47.2 Å². The molecule has 0 saturated heterocycles. The third-order valence-corrected chi connectivity index (χ3v) is 16.2. The number of hydrogen-bond donors (Lipinski definition) is 9. The highest BCUT2D eigenvalue weighted by molar-refractivity contribution is 8.76. The number of fused-ring (bicyclic) bond motifs is 8. The molecule has 4 aliphatic rings. The van der Waals surface area contributed by atoms with Crippen LogP contribution in [0.5, 0.6) is 23.0 Å². The van der Waals surface area contributed by atoms with Gasteiger partial charge in [0.15, 0.2) is 23.0 Å². The molecule has 10 N–H and O–H groups in total. The summed E-state index contributed by atoms with van der Waals surface area (Å²) in [6.45, 7) is 3.14. The summed E-state index contributed by atoms with van der Waals surface area (Å²) in [5, 5.41) is 28.2. The van der Waals surface area contributed by atoms with Gasteiger partial charge in [-0.25, -0.2) is 0 Å². The largest absolute Gasteiger partial charge is 0.493 e. The maximum absolute atomic E-state index is 14.1. The van der Waals surface area contributed by atoms with Gasteiger partial charge in [0.2, 0.25) is 23.6 Å². The maximum atomic E-state index is 14.1. The van der Waals surface area contributed by atoms with Crippen LogP contribution in [0.3, 0.4) is 0 Å².